The van der Waals surface area contributed by atoms with Crippen LogP contribution in [0.2, 0.25) is 0 Å². The zero-order valence-electron chi connectivity index (χ0n) is 10.7. The summed E-state index contributed by atoms with van der Waals surface area (Å²) in [6.45, 7) is 2.41. The Bertz CT molecular complexity index is 422. The van der Waals surface area contributed by atoms with Gasteiger partial charge in [-0.15, -0.1) is 0 Å². The van der Waals surface area contributed by atoms with Crippen LogP contribution in [0.15, 0.2) is 22.7 Å². The number of ether oxygens (including phenoxy) is 1. The van der Waals surface area contributed by atoms with Crippen LogP contribution in [0.3, 0.4) is 0 Å². The van der Waals surface area contributed by atoms with E-state index in [0.29, 0.717) is 11.0 Å². The summed E-state index contributed by atoms with van der Waals surface area (Å²) < 4.78 is 19.2. The molecule has 0 aliphatic heterocycles. The van der Waals surface area contributed by atoms with Gasteiger partial charge in [0.1, 0.15) is 0 Å². The molecule has 0 aliphatic rings. The molecule has 0 bridgehead atoms. The van der Waals surface area contributed by atoms with Gasteiger partial charge < -0.3 is 14.7 Å². The Morgan fingerprint density at radius 3 is 2.79 bits per heavy atom. The average molecular weight is 334 g/mol. The van der Waals surface area contributed by atoms with Crippen molar-refractivity contribution < 1.29 is 19.0 Å². The van der Waals surface area contributed by atoms with E-state index in [4.69, 9.17) is 9.84 Å². The largest absolute Gasteiger partial charge is 0.481 e. The van der Waals surface area contributed by atoms with E-state index in [9.17, 15) is 9.18 Å². The van der Waals surface area contributed by atoms with Gasteiger partial charge in [0.15, 0.2) is 18.2 Å². The van der Waals surface area contributed by atoms with E-state index in [-0.39, 0.29) is 31.4 Å². The van der Waals surface area contributed by atoms with Crippen molar-refractivity contribution in [2.75, 3.05) is 26.3 Å². The quantitative estimate of drug-likeness (QED) is 0.832. The summed E-state index contributed by atoms with van der Waals surface area (Å²) in [5, 5.41) is 8.87. The van der Waals surface area contributed by atoms with Gasteiger partial charge in [0.2, 0.25) is 0 Å². The van der Waals surface area contributed by atoms with Crippen LogP contribution in [0.1, 0.15) is 13.3 Å². The number of hydrogen-bond donors (Lipinski definition) is 1. The van der Waals surface area contributed by atoms with Gasteiger partial charge in [0, 0.05) is 17.6 Å². The molecule has 0 aliphatic carbocycles. The molecule has 0 unspecified atom stereocenters. The molecule has 0 fully saturated rings. The third-order valence-corrected chi connectivity index (χ3v) is 2.95. The Labute approximate surface area is 120 Å². The Morgan fingerprint density at radius 1 is 1.47 bits per heavy atom. The highest BCUT2D eigenvalue weighted by Crippen LogP contribution is 2.21. The number of benzene rings is 1. The first kappa shape index (κ1) is 15.9. The summed E-state index contributed by atoms with van der Waals surface area (Å²) in [6, 6.07) is 4.38. The Balaban J connectivity index is 2.56. The van der Waals surface area contributed by atoms with Crippen molar-refractivity contribution in [3.05, 3.63) is 28.5 Å². The van der Waals surface area contributed by atoms with E-state index >= 15 is 0 Å². The van der Waals surface area contributed by atoms with Gasteiger partial charge in [-0.25, -0.2) is 4.39 Å². The number of hydrogen-bond acceptors (Lipinski definition) is 3. The molecule has 1 aromatic carbocycles. The zero-order chi connectivity index (χ0) is 14.3. The lowest BCUT2D eigenvalue weighted by molar-refractivity contribution is -0.134. The first-order chi connectivity index (χ1) is 9.08. The van der Waals surface area contributed by atoms with Gasteiger partial charge in [-0.3, -0.25) is 4.79 Å². The SMILES string of the molecule is CCCN(CCO)C(=O)COc1ccc(Br)cc1F. The first-order valence-corrected chi connectivity index (χ1v) is 6.84. The topological polar surface area (TPSA) is 49.8 Å². The molecule has 0 atom stereocenters. The molecule has 0 saturated heterocycles. The maximum Gasteiger partial charge on any atom is 0.260 e. The molecule has 6 heteroatoms. The lowest BCUT2D eigenvalue weighted by Gasteiger charge is -2.21. The van der Waals surface area contributed by atoms with Crippen molar-refractivity contribution in [1.29, 1.82) is 0 Å². The van der Waals surface area contributed by atoms with Gasteiger partial charge in [0.05, 0.1) is 6.61 Å². The van der Waals surface area contributed by atoms with Crippen molar-refractivity contribution in [3.8, 4) is 5.75 Å². The van der Waals surface area contributed by atoms with Crippen LogP contribution in [-0.4, -0.2) is 42.2 Å². The molecule has 0 heterocycles. The van der Waals surface area contributed by atoms with Crippen molar-refractivity contribution in [2.45, 2.75) is 13.3 Å². The average Bonchev–Trinajstić information content (AvgIpc) is 2.37. The highest BCUT2D eigenvalue weighted by molar-refractivity contribution is 9.10. The Morgan fingerprint density at radius 2 is 2.21 bits per heavy atom. The molecular formula is C13H17BrFNO3. The zero-order valence-corrected chi connectivity index (χ0v) is 12.3. The molecule has 19 heavy (non-hydrogen) atoms. The summed E-state index contributed by atoms with van der Waals surface area (Å²) in [4.78, 5) is 13.3. The monoisotopic (exact) mass is 333 g/mol. The summed E-state index contributed by atoms with van der Waals surface area (Å²) in [5.74, 6) is -0.749. The van der Waals surface area contributed by atoms with E-state index in [1.165, 1.54) is 17.0 Å². The number of aliphatic hydroxyl groups excluding tert-OH is 1. The van der Waals surface area contributed by atoms with Crippen molar-refractivity contribution in [2.24, 2.45) is 0 Å². The molecule has 0 saturated carbocycles. The Hall–Kier alpha value is -1.14. The second-order valence-electron chi connectivity index (χ2n) is 3.97. The maximum atomic E-state index is 13.5. The van der Waals surface area contributed by atoms with Crippen molar-refractivity contribution in [3.63, 3.8) is 0 Å². The summed E-state index contributed by atoms with van der Waals surface area (Å²) in [5.41, 5.74) is 0. The van der Waals surface area contributed by atoms with E-state index in [0.717, 1.165) is 6.42 Å². The predicted molar refractivity (Wildman–Crippen MR) is 73.6 cm³/mol. The molecule has 0 aromatic heterocycles. The van der Waals surface area contributed by atoms with E-state index < -0.39 is 5.82 Å². The van der Waals surface area contributed by atoms with E-state index in [1.54, 1.807) is 6.07 Å². The van der Waals surface area contributed by atoms with E-state index in [1.807, 2.05) is 6.92 Å². The van der Waals surface area contributed by atoms with Gasteiger partial charge in [-0.05, 0) is 24.6 Å². The molecule has 106 valence electrons. The van der Waals surface area contributed by atoms with Crippen LogP contribution < -0.4 is 4.74 Å². The highest BCUT2D eigenvalue weighted by atomic mass is 79.9. The highest BCUT2D eigenvalue weighted by Gasteiger charge is 2.14. The molecule has 4 nitrogen and oxygen atoms in total. The van der Waals surface area contributed by atoms with Gasteiger partial charge >= 0.3 is 0 Å². The van der Waals surface area contributed by atoms with Crippen LogP contribution in [-0.2, 0) is 4.79 Å². The van der Waals surface area contributed by atoms with Crippen LogP contribution in [0, 0.1) is 5.82 Å². The lowest BCUT2D eigenvalue weighted by Crippen LogP contribution is -2.37. The number of rotatable bonds is 7. The van der Waals surface area contributed by atoms with Crippen LogP contribution in [0.4, 0.5) is 4.39 Å². The minimum absolute atomic E-state index is 0.0389. The summed E-state index contributed by atoms with van der Waals surface area (Å²) >= 11 is 3.14. The first-order valence-electron chi connectivity index (χ1n) is 6.05. The fourth-order valence-electron chi connectivity index (χ4n) is 1.57. The number of carbonyl (C=O) groups excluding carboxylic acids is 1. The van der Waals surface area contributed by atoms with E-state index in [2.05, 4.69) is 15.9 Å². The Kier molecular flexibility index (Phi) is 6.80. The third kappa shape index (κ3) is 5.16. The smallest absolute Gasteiger partial charge is 0.260 e. The molecule has 0 spiro atoms. The number of halogens is 2. The fourth-order valence-corrected chi connectivity index (χ4v) is 1.91. The molecule has 1 aromatic rings. The minimum atomic E-state index is -0.522. The number of aliphatic hydroxyl groups is 1. The normalized spacial score (nSPS) is 10.3. The minimum Gasteiger partial charge on any atom is -0.481 e. The number of amides is 1. The molecular weight excluding hydrogens is 317 g/mol. The van der Waals surface area contributed by atoms with Crippen LogP contribution >= 0.6 is 15.9 Å². The number of carbonyl (C=O) groups is 1. The van der Waals surface area contributed by atoms with Gasteiger partial charge in [0.25, 0.3) is 5.91 Å². The molecule has 1 N–H and O–H groups in total. The molecule has 0 radical (unpaired) electrons. The summed E-state index contributed by atoms with van der Waals surface area (Å²) in [6.07, 6.45) is 0.790. The van der Waals surface area contributed by atoms with Crippen molar-refractivity contribution in [1.82, 2.24) is 4.90 Å². The van der Waals surface area contributed by atoms with Crippen LogP contribution in [0.5, 0.6) is 5.75 Å². The summed E-state index contributed by atoms with van der Waals surface area (Å²) in [7, 11) is 0. The second-order valence-corrected chi connectivity index (χ2v) is 4.88. The van der Waals surface area contributed by atoms with Gasteiger partial charge in [-0.1, -0.05) is 22.9 Å². The maximum absolute atomic E-state index is 13.5. The number of nitrogens with zero attached hydrogens (tertiary/aromatic N) is 1. The van der Waals surface area contributed by atoms with Crippen LogP contribution in [0.25, 0.3) is 0 Å². The standard InChI is InChI=1S/C13H17BrFNO3/c1-2-5-16(6-7-17)13(18)9-19-12-4-3-10(14)8-11(12)15/h3-4,8,17H,2,5-7,9H2,1H3. The second kappa shape index (κ2) is 8.12. The fraction of sp³-hybridized carbons (Fsp3) is 0.462. The lowest BCUT2D eigenvalue weighted by atomic mass is 10.3. The predicted octanol–water partition coefficient (Wildman–Crippen LogP) is 2.20. The van der Waals surface area contributed by atoms with Gasteiger partial charge in [-0.2, -0.15) is 0 Å². The molecule has 1 rings (SSSR count). The van der Waals surface area contributed by atoms with Crippen molar-refractivity contribution >= 4 is 21.8 Å². The third-order valence-electron chi connectivity index (χ3n) is 2.46. The molecule has 1 amide bonds.